The third kappa shape index (κ3) is 2.52. The largest absolute Gasteiger partial charge is 0.497 e. The fourth-order valence-electron chi connectivity index (χ4n) is 2.58. The third-order valence-electron chi connectivity index (χ3n) is 3.71. The normalized spacial score (nSPS) is 33.8. The van der Waals surface area contributed by atoms with E-state index in [0.717, 1.165) is 17.7 Å². The van der Waals surface area contributed by atoms with Crippen LogP contribution in [-0.2, 0) is 9.47 Å². The van der Waals surface area contributed by atoms with Crippen LogP contribution in [-0.4, -0.2) is 30.7 Å². The van der Waals surface area contributed by atoms with Crippen molar-refractivity contribution in [2.75, 3.05) is 13.7 Å². The molecule has 1 N–H and O–H groups in total. The highest BCUT2D eigenvalue weighted by Crippen LogP contribution is 2.37. The summed E-state index contributed by atoms with van der Waals surface area (Å²) in [5, 5.41) is 9.46. The van der Waals surface area contributed by atoms with E-state index in [4.69, 9.17) is 14.2 Å². The van der Waals surface area contributed by atoms with Gasteiger partial charge in [0, 0.05) is 6.42 Å². The zero-order valence-corrected chi connectivity index (χ0v) is 10.9. The molecule has 1 aromatic carbocycles. The van der Waals surface area contributed by atoms with Crippen LogP contribution in [0.2, 0.25) is 0 Å². The Balaban J connectivity index is 1.73. The van der Waals surface area contributed by atoms with Crippen molar-refractivity contribution in [3.05, 3.63) is 42.0 Å². The quantitative estimate of drug-likeness (QED) is 0.830. The van der Waals surface area contributed by atoms with Gasteiger partial charge in [0.15, 0.2) is 6.29 Å². The lowest BCUT2D eigenvalue weighted by Gasteiger charge is -2.31. The molecular formula is C15H18O4. The van der Waals surface area contributed by atoms with Gasteiger partial charge in [-0.2, -0.15) is 0 Å². The first kappa shape index (κ1) is 12.7. The maximum absolute atomic E-state index is 9.46. The van der Waals surface area contributed by atoms with E-state index in [1.807, 2.05) is 36.4 Å². The molecule has 4 nitrogen and oxygen atoms in total. The van der Waals surface area contributed by atoms with Gasteiger partial charge in [-0.3, -0.25) is 0 Å². The van der Waals surface area contributed by atoms with Crippen molar-refractivity contribution in [3.8, 4) is 5.75 Å². The number of rotatable bonds is 2. The summed E-state index contributed by atoms with van der Waals surface area (Å²) in [7, 11) is 1.65. The van der Waals surface area contributed by atoms with E-state index in [2.05, 4.69) is 0 Å². The van der Waals surface area contributed by atoms with Gasteiger partial charge in [-0.1, -0.05) is 24.3 Å². The number of hydrogen-bond acceptors (Lipinski definition) is 4. The summed E-state index contributed by atoms with van der Waals surface area (Å²) in [5.41, 5.74) is 0.660. The minimum Gasteiger partial charge on any atom is -0.497 e. The van der Waals surface area contributed by atoms with Crippen LogP contribution in [0, 0.1) is 0 Å². The van der Waals surface area contributed by atoms with Crippen molar-refractivity contribution in [1.29, 1.82) is 0 Å². The zero-order valence-electron chi connectivity index (χ0n) is 10.9. The van der Waals surface area contributed by atoms with Crippen LogP contribution in [0.5, 0.6) is 5.75 Å². The van der Waals surface area contributed by atoms with Gasteiger partial charge in [0.2, 0.25) is 0 Å². The van der Waals surface area contributed by atoms with Crippen LogP contribution < -0.4 is 4.74 Å². The van der Waals surface area contributed by atoms with Crippen LogP contribution in [0.1, 0.15) is 24.5 Å². The first-order chi connectivity index (χ1) is 9.21. The molecule has 0 aliphatic carbocycles. The second-order valence-electron chi connectivity index (χ2n) is 5.04. The number of aliphatic hydroxyl groups is 1. The van der Waals surface area contributed by atoms with Gasteiger partial charge >= 0.3 is 0 Å². The molecule has 0 bridgehead atoms. The standard InChI is InChI=1S/C15H18O4/c1-17-12-4-2-11(3-5-12)13-6-8-15(10-18-13)9-7-14(16)19-15/h2-6,8,13-14,16H,7,9-10H2,1H3/t13-,14?,15+/m0/s1. The topological polar surface area (TPSA) is 47.9 Å². The minimum atomic E-state index is -0.661. The zero-order chi connectivity index (χ0) is 13.3. The molecule has 0 radical (unpaired) electrons. The van der Waals surface area contributed by atoms with E-state index in [0.29, 0.717) is 13.0 Å². The monoisotopic (exact) mass is 262 g/mol. The van der Waals surface area contributed by atoms with E-state index >= 15 is 0 Å². The highest BCUT2D eigenvalue weighted by Gasteiger charge is 2.40. The summed E-state index contributed by atoms with van der Waals surface area (Å²) >= 11 is 0. The highest BCUT2D eigenvalue weighted by molar-refractivity contribution is 5.31. The van der Waals surface area contributed by atoms with E-state index in [1.54, 1.807) is 7.11 Å². The summed E-state index contributed by atoms with van der Waals surface area (Å²) < 4.78 is 16.5. The Morgan fingerprint density at radius 1 is 1.32 bits per heavy atom. The molecule has 1 fully saturated rings. The molecule has 1 unspecified atom stereocenters. The van der Waals surface area contributed by atoms with Crippen molar-refractivity contribution >= 4 is 0 Å². The van der Waals surface area contributed by atoms with Crippen LogP contribution in [0.25, 0.3) is 0 Å². The second-order valence-corrected chi connectivity index (χ2v) is 5.04. The number of aliphatic hydroxyl groups excluding tert-OH is 1. The lowest BCUT2D eigenvalue weighted by Crippen LogP contribution is -2.36. The number of benzene rings is 1. The first-order valence-corrected chi connectivity index (χ1v) is 6.52. The fraction of sp³-hybridized carbons (Fsp3) is 0.467. The summed E-state index contributed by atoms with van der Waals surface area (Å²) in [4.78, 5) is 0. The molecule has 4 heteroatoms. The summed E-state index contributed by atoms with van der Waals surface area (Å²) in [6.45, 7) is 0.483. The molecule has 0 saturated carbocycles. The Bertz CT molecular complexity index is 468. The van der Waals surface area contributed by atoms with Crippen molar-refractivity contribution in [1.82, 2.24) is 0 Å². The molecule has 1 spiro atoms. The van der Waals surface area contributed by atoms with E-state index in [9.17, 15) is 5.11 Å². The maximum Gasteiger partial charge on any atom is 0.155 e. The lowest BCUT2D eigenvalue weighted by atomic mass is 9.96. The molecule has 2 aliphatic heterocycles. The van der Waals surface area contributed by atoms with Gasteiger partial charge in [-0.25, -0.2) is 0 Å². The predicted molar refractivity (Wildman–Crippen MR) is 69.9 cm³/mol. The summed E-state index contributed by atoms with van der Waals surface area (Å²) in [6.07, 6.45) is 4.79. The summed E-state index contributed by atoms with van der Waals surface area (Å²) in [5.74, 6) is 0.835. The Kier molecular flexibility index (Phi) is 3.31. The van der Waals surface area contributed by atoms with Crippen molar-refractivity contribution < 1.29 is 19.3 Å². The smallest absolute Gasteiger partial charge is 0.155 e. The number of hydrogen-bond donors (Lipinski definition) is 1. The molecule has 3 rings (SSSR count). The van der Waals surface area contributed by atoms with E-state index < -0.39 is 11.9 Å². The fourth-order valence-corrected chi connectivity index (χ4v) is 2.58. The molecule has 2 heterocycles. The van der Waals surface area contributed by atoms with Crippen LogP contribution in [0.3, 0.4) is 0 Å². The van der Waals surface area contributed by atoms with Crippen LogP contribution in [0.4, 0.5) is 0 Å². The van der Waals surface area contributed by atoms with E-state index in [1.165, 1.54) is 0 Å². The Labute approximate surface area is 112 Å². The summed E-state index contributed by atoms with van der Waals surface area (Å²) in [6, 6.07) is 7.84. The maximum atomic E-state index is 9.46. The van der Waals surface area contributed by atoms with Crippen LogP contribution >= 0.6 is 0 Å². The molecule has 102 valence electrons. The van der Waals surface area contributed by atoms with Crippen molar-refractivity contribution in [2.24, 2.45) is 0 Å². The molecule has 0 aromatic heterocycles. The van der Waals surface area contributed by atoms with Gasteiger partial charge < -0.3 is 19.3 Å². The third-order valence-corrected chi connectivity index (χ3v) is 3.71. The molecule has 2 aliphatic rings. The Morgan fingerprint density at radius 2 is 2.11 bits per heavy atom. The molecule has 19 heavy (non-hydrogen) atoms. The molecular weight excluding hydrogens is 244 g/mol. The SMILES string of the molecule is COc1ccc([C@@H]2C=C[C@@]3(CCC(O)O3)CO2)cc1. The molecule has 1 saturated heterocycles. The van der Waals surface area contributed by atoms with Gasteiger partial charge in [0.1, 0.15) is 17.5 Å². The molecule has 1 aromatic rings. The molecule has 0 amide bonds. The minimum absolute atomic E-state index is 0.0575. The van der Waals surface area contributed by atoms with Gasteiger partial charge in [-0.15, -0.1) is 0 Å². The van der Waals surface area contributed by atoms with E-state index in [-0.39, 0.29) is 6.10 Å². The first-order valence-electron chi connectivity index (χ1n) is 6.52. The number of ether oxygens (including phenoxy) is 3. The van der Waals surface area contributed by atoms with Gasteiger partial charge in [-0.05, 0) is 24.1 Å². The predicted octanol–water partition coefficient (Wildman–Crippen LogP) is 2.19. The Morgan fingerprint density at radius 3 is 2.63 bits per heavy atom. The van der Waals surface area contributed by atoms with Crippen molar-refractivity contribution in [3.63, 3.8) is 0 Å². The lowest BCUT2D eigenvalue weighted by molar-refractivity contribution is -0.150. The van der Waals surface area contributed by atoms with Crippen LogP contribution in [0.15, 0.2) is 36.4 Å². The average Bonchev–Trinajstić information content (AvgIpc) is 2.81. The average molecular weight is 262 g/mol. The number of methoxy groups -OCH3 is 1. The van der Waals surface area contributed by atoms with Gasteiger partial charge in [0.05, 0.1) is 13.7 Å². The highest BCUT2D eigenvalue weighted by atomic mass is 16.6. The molecule has 3 atom stereocenters. The van der Waals surface area contributed by atoms with Gasteiger partial charge in [0.25, 0.3) is 0 Å². The Hall–Kier alpha value is -1.36. The second kappa shape index (κ2) is 4.96. The van der Waals surface area contributed by atoms with Crippen molar-refractivity contribution in [2.45, 2.75) is 30.8 Å².